The monoisotopic (exact) mass is 407 g/mol. The lowest BCUT2D eigenvalue weighted by Gasteiger charge is -2.29. The summed E-state index contributed by atoms with van der Waals surface area (Å²) in [5, 5.41) is 14.5. The molecule has 0 radical (unpaired) electrons. The van der Waals surface area contributed by atoms with E-state index in [1.807, 2.05) is 0 Å². The molecule has 0 spiro atoms. The number of hydrogen-bond donors (Lipinski definition) is 2. The summed E-state index contributed by atoms with van der Waals surface area (Å²) in [6.45, 7) is 1.85. The summed E-state index contributed by atoms with van der Waals surface area (Å²) in [6.07, 6.45) is 2.09. The van der Waals surface area contributed by atoms with Crippen molar-refractivity contribution in [3.05, 3.63) is 56.3 Å². The van der Waals surface area contributed by atoms with Gasteiger partial charge in [-0.25, -0.2) is 13.2 Å². The minimum atomic E-state index is -4.06. The fourth-order valence-corrected chi connectivity index (χ4v) is 5.61. The smallest absolute Gasteiger partial charge is 0.317 e. The van der Waals surface area contributed by atoms with Crippen molar-refractivity contribution < 1.29 is 13.3 Å². The maximum absolute atomic E-state index is 13.0. The lowest BCUT2D eigenvalue weighted by atomic mass is 10.1. The van der Waals surface area contributed by atoms with Crippen LogP contribution in [0.5, 0.6) is 0 Å². The molecule has 28 heavy (non-hydrogen) atoms. The molecule has 2 N–H and O–H groups in total. The number of hydrogen-bond acceptors (Lipinski definition) is 6. The van der Waals surface area contributed by atoms with Crippen molar-refractivity contribution in [2.45, 2.75) is 36.7 Å². The summed E-state index contributed by atoms with van der Waals surface area (Å²) in [5.74, 6) is 0. The number of nitrogens with one attached hydrogen (secondary N) is 2. The van der Waals surface area contributed by atoms with Crippen LogP contribution in [-0.4, -0.2) is 46.8 Å². The van der Waals surface area contributed by atoms with E-state index >= 15 is 0 Å². The van der Waals surface area contributed by atoms with Gasteiger partial charge in [0.25, 0.3) is 5.69 Å². The van der Waals surface area contributed by atoms with Crippen LogP contribution in [0.3, 0.4) is 0 Å². The molecule has 11 heteroatoms. The van der Waals surface area contributed by atoms with Crippen LogP contribution in [0, 0.1) is 10.1 Å². The van der Waals surface area contributed by atoms with Crippen LogP contribution >= 0.6 is 0 Å². The highest BCUT2D eigenvalue weighted by atomic mass is 32.2. The Hall–Kier alpha value is -2.50. The topological polar surface area (TPSA) is 130 Å². The normalized spacial score (nSPS) is 18.7. The van der Waals surface area contributed by atoms with E-state index in [-0.39, 0.29) is 29.7 Å². The second-order valence-electron chi connectivity index (χ2n) is 7.02. The van der Waals surface area contributed by atoms with Crippen LogP contribution in [0.15, 0.2) is 34.0 Å². The molecule has 1 saturated heterocycles. The zero-order valence-electron chi connectivity index (χ0n) is 15.1. The number of H-pyrrole nitrogens is 1. The summed E-state index contributed by atoms with van der Waals surface area (Å²) in [5.41, 5.74) is 0.735. The van der Waals surface area contributed by atoms with E-state index in [9.17, 15) is 23.3 Å². The van der Waals surface area contributed by atoms with E-state index in [1.54, 1.807) is 4.57 Å². The highest BCUT2D eigenvalue weighted by Gasteiger charge is 2.35. The van der Waals surface area contributed by atoms with Crippen molar-refractivity contribution in [2.75, 3.05) is 19.6 Å². The molecule has 0 amide bonds. The molecule has 2 aliphatic rings. The fourth-order valence-electron chi connectivity index (χ4n) is 4.04. The average molecular weight is 407 g/mol. The van der Waals surface area contributed by atoms with Crippen LogP contribution in [0.25, 0.3) is 0 Å². The third-order valence-electron chi connectivity index (χ3n) is 5.40. The molecule has 4 rings (SSSR count). The molecule has 0 aliphatic carbocycles. The molecule has 2 aromatic rings. The van der Waals surface area contributed by atoms with Gasteiger partial charge in [-0.3, -0.25) is 14.7 Å². The lowest BCUT2D eigenvalue weighted by molar-refractivity contribution is -0.387. The van der Waals surface area contributed by atoms with Crippen LogP contribution in [0.4, 0.5) is 5.69 Å². The molecule has 1 aromatic heterocycles. The lowest BCUT2D eigenvalue weighted by Crippen LogP contribution is -2.38. The molecule has 2 aliphatic heterocycles. The number of imidazole rings is 1. The SMILES string of the molecule is O=c1[nH]c2c(n1C1CCNCC1)CCN(S(=O)(=O)c1ccccc1[N+](=O)[O-])C2. The number of aromatic amines is 1. The molecule has 1 fully saturated rings. The van der Waals surface area contributed by atoms with E-state index in [1.165, 1.54) is 28.6 Å². The Bertz CT molecular complexity index is 1070. The van der Waals surface area contributed by atoms with Crippen molar-refractivity contribution >= 4 is 15.7 Å². The van der Waals surface area contributed by atoms with Crippen molar-refractivity contribution in [1.82, 2.24) is 19.2 Å². The van der Waals surface area contributed by atoms with Crippen molar-refractivity contribution in [3.63, 3.8) is 0 Å². The van der Waals surface area contributed by atoms with Crippen LogP contribution in [0.2, 0.25) is 0 Å². The number of nitro groups is 1. The molecular formula is C17H21N5O5S. The number of fused-ring (bicyclic) bond motifs is 1. The third kappa shape index (κ3) is 3.15. The van der Waals surface area contributed by atoms with Gasteiger partial charge < -0.3 is 10.3 Å². The van der Waals surface area contributed by atoms with Crippen LogP contribution in [0.1, 0.15) is 30.3 Å². The second-order valence-corrected chi connectivity index (χ2v) is 8.93. The number of nitro benzene ring substituents is 1. The third-order valence-corrected chi connectivity index (χ3v) is 7.29. The minimum Gasteiger partial charge on any atom is -0.317 e. The molecule has 3 heterocycles. The zero-order chi connectivity index (χ0) is 19.9. The molecule has 0 saturated carbocycles. The predicted molar refractivity (Wildman–Crippen MR) is 101 cm³/mol. The first-order valence-corrected chi connectivity index (χ1v) is 10.6. The van der Waals surface area contributed by atoms with Gasteiger partial charge in [-0.15, -0.1) is 0 Å². The summed E-state index contributed by atoms with van der Waals surface area (Å²) in [7, 11) is -4.06. The van der Waals surface area contributed by atoms with E-state index in [2.05, 4.69) is 10.3 Å². The molecule has 10 nitrogen and oxygen atoms in total. The molecular weight excluding hydrogens is 386 g/mol. The molecule has 0 atom stereocenters. The van der Waals surface area contributed by atoms with Gasteiger partial charge in [-0.05, 0) is 32.0 Å². The number of benzene rings is 1. The Labute approximate surface area is 161 Å². The Morgan fingerprint density at radius 1 is 1.18 bits per heavy atom. The number of para-hydroxylation sites is 1. The first-order chi connectivity index (χ1) is 13.4. The van der Waals surface area contributed by atoms with Gasteiger partial charge in [-0.1, -0.05) is 12.1 Å². The Morgan fingerprint density at radius 3 is 2.61 bits per heavy atom. The number of piperidine rings is 1. The first-order valence-electron chi connectivity index (χ1n) is 9.16. The highest BCUT2D eigenvalue weighted by Crippen LogP contribution is 2.30. The Morgan fingerprint density at radius 2 is 1.89 bits per heavy atom. The Kier molecular flexibility index (Phi) is 4.81. The largest absolute Gasteiger partial charge is 0.326 e. The molecule has 0 unspecified atom stereocenters. The molecule has 0 bridgehead atoms. The summed E-state index contributed by atoms with van der Waals surface area (Å²) in [4.78, 5) is 25.5. The van der Waals surface area contributed by atoms with Gasteiger partial charge in [0.15, 0.2) is 4.90 Å². The molecule has 1 aromatic carbocycles. The number of sulfonamides is 1. The van der Waals surface area contributed by atoms with Crippen LogP contribution in [-0.2, 0) is 23.0 Å². The summed E-state index contributed by atoms with van der Waals surface area (Å²) >= 11 is 0. The van der Waals surface area contributed by atoms with Crippen molar-refractivity contribution in [1.29, 1.82) is 0 Å². The maximum atomic E-state index is 13.0. The van der Waals surface area contributed by atoms with Gasteiger partial charge in [0.05, 0.1) is 17.2 Å². The van der Waals surface area contributed by atoms with E-state index in [4.69, 9.17) is 0 Å². The van der Waals surface area contributed by atoms with Gasteiger partial charge >= 0.3 is 5.69 Å². The van der Waals surface area contributed by atoms with Crippen molar-refractivity contribution in [3.8, 4) is 0 Å². The predicted octanol–water partition coefficient (Wildman–Crippen LogP) is 0.756. The highest BCUT2D eigenvalue weighted by molar-refractivity contribution is 7.89. The summed E-state index contributed by atoms with van der Waals surface area (Å²) in [6, 6.07) is 5.42. The number of rotatable bonds is 4. The van der Waals surface area contributed by atoms with E-state index in [0.717, 1.165) is 31.6 Å². The number of aromatic nitrogens is 2. The summed E-state index contributed by atoms with van der Waals surface area (Å²) < 4.78 is 29.0. The van der Waals surface area contributed by atoms with Gasteiger partial charge in [-0.2, -0.15) is 4.31 Å². The Balaban J connectivity index is 1.66. The van der Waals surface area contributed by atoms with Gasteiger partial charge in [0.1, 0.15) is 0 Å². The van der Waals surface area contributed by atoms with Crippen LogP contribution < -0.4 is 11.0 Å². The number of nitrogens with zero attached hydrogens (tertiary/aromatic N) is 3. The fraction of sp³-hybridized carbons (Fsp3) is 0.471. The minimum absolute atomic E-state index is 0.00305. The average Bonchev–Trinajstić information content (AvgIpc) is 3.03. The maximum Gasteiger partial charge on any atom is 0.326 e. The molecule has 150 valence electrons. The van der Waals surface area contributed by atoms with Gasteiger partial charge in [0.2, 0.25) is 10.0 Å². The zero-order valence-corrected chi connectivity index (χ0v) is 15.9. The van der Waals surface area contributed by atoms with Gasteiger partial charge in [0, 0.05) is 30.8 Å². The quantitative estimate of drug-likeness (QED) is 0.568. The van der Waals surface area contributed by atoms with Crippen molar-refractivity contribution in [2.24, 2.45) is 0 Å². The standard InChI is InChI=1S/C17H21N5O5S/c23-17-19-13-11-20(10-7-14(13)21(17)12-5-8-18-9-6-12)28(26,27)16-4-2-1-3-15(16)22(24)25/h1-4,12,18H,5-11H2,(H,19,23). The first kappa shape index (κ1) is 18.8. The van der Waals surface area contributed by atoms with E-state index < -0.39 is 20.6 Å². The van der Waals surface area contributed by atoms with E-state index in [0.29, 0.717) is 12.1 Å². The second kappa shape index (κ2) is 7.15.